The monoisotopic (exact) mass is 323 g/mol. The van der Waals surface area contributed by atoms with Gasteiger partial charge < -0.3 is 20.7 Å². The van der Waals surface area contributed by atoms with Crippen molar-refractivity contribution in [1.29, 1.82) is 0 Å². The Morgan fingerprint density at radius 2 is 2.18 bits per heavy atom. The number of nitrogens with one attached hydrogen (secondary N) is 1. The van der Waals surface area contributed by atoms with Gasteiger partial charge in [0.05, 0.1) is 17.7 Å². The van der Waals surface area contributed by atoms with Gasteiger partial charge in [-0.2, -0.15) is 0 Å². The third-order valence-corrected chi connectivity index (χ3v) is 4.48. The number of benzene rings is 1. The van der Waals surface area contributed by atoms with Crippen LogP contribution in [0.5, 0.6) is 5.75 Å². The Morgan fingerprint density at radius 3 is 2.95 bits per heavy atom. The van der Waals surface area contributed by atoms with Crippen LogP contribution in [0.15, 0.2) is 18.2 Å². The van der Waals surface area contributed by atoms with E-state index in [1.165, 1.54) is 4.90 Å². The van der Waals surface area contributed by atoms with E-state index >= 15 is 0 Å². The Balaban J connectivity index is 1.76. The molecule has 0 aromatic heterocycles. The minimum atomic E-state index is -0.548. The topological polar surface area (TPSA) is 84.7 Å². The Labute approximate surface area is 133 Å². The molecule has 22 heavy (non-hydrogen) atoms. The first-order chi connectivity index (χ1) is 10.6. The third-order valence-electron chi connectivity index (χ3n) is 4.18. The molecule has 1 saturated heterocycles. The van der Waals surface area contributed by atoms with Gasteiger partial charge in [0, 0.05) is 18.5 Å². The van der Waals surface area contributed by atoms with Crippen molar-refractivity contribution in [3.05, 3.63) is 28.8 Å². The number of amides is 3. The highest BCUT2D eigenvalue weighted by Gasteiger charge is 2.35. The molecule has 3 rings (SSSR count). The van der Waals surface area contributed by atoms with Crippen molar-refractivity contribution in [2.45, 2.75) is 31.3 Å². The minimum absolute atomic E-state index is 0.162. The number of nitrogens with two attached hydrogens (primary N) is 1. The fourth-order valence-corrected chi connectivity index (χ4v) is 3.34. The molecule has 6 nitrogen and oxygen atoms in total. The molecule has 3 N–H and O–H groups in total. The van der Waals surface area contributed by atoms with E-state index in [0.717, 1.165) is 12.0 Å². The SMILES string of the molecule is NC(=O)N1CCC[C@H]1C(=O)NC1CCOc2c(Cl)cccc21. The van der Waals surface area contributed by atoms with Gasteiger partial charge in [-0.05, 0) is 18.9 Å². The number of rotatable bonds is 2. The van der Waals surface area contributed by atoms with E-state index in [0.29, 0.717) is 36.8 Å². The molecule has 1 fully saturated rings. The normalized spacial score (nSPS) is 23.6. The molecule has 0 spiro atoms. The van der Waals surface area contributed by atoms with Crippen LogP contribution in [0, 0.1) is 0 Å². The molecule has 118 valence electrons. The molecule has 2 heterocycles. The highest BCUT2D eigenvalue weighted by Crippen LogP contribution is 2.37. The predicted molar refractivity (Wildman–Crippen MR) is 81.8 cm³/mol. The van der Waals surface area contributed by atoms with Gasteiger partial charge in [-0.3, -0.25) is 4.79 Å². The summed E-state index contributed by atoms with van der Waals surface area (Å²) in [6, 6.07) is 4.30. The van der Waals surface area contributed by atoms with Crippen LogP contribution in [0.2, 0.25) is 5.02 Å². The van der Waals surface area contributed by atoms with E-state index in [4.69, 9.17) is 22.1 Å². The van der Waals surface area contributed by atoms with Gasteiger partial charge in [0.2, 0.25) is 5.91 Å². The second-order valence-electron chi connectivity index (χ2n) is 5.55. The third kappa shape index (κ3) is 2.70. The molecule has 0 bridgehead atoms. The molecule has 1 aromatic carbocycles. The number of primary amides is 1. The molecular weight excluding hydrogens is 306 g/mol. The van der Waals surface area contributed by atoms with Crippen molar-refractivity contribution in [2.24, 2.45) is 5.73 Å². The Morgan fingerprint density at radius 1 is 1.36 bits per heavy atom. The van der Waals surface area contributed by atoms with Crippen LogP contribution in [0.1, 0.15) is 30.9 Å². The first-order valence-electron chi connectivity index (χ1n) is 7.35. The lowest BCUT2D eigenvalue weighted by molar-refractivity contribution is -0.125. The summed E-state index contributed by atoms with van der Waals surface area (Å²) in [5.41, 5.74) is 6.20. The lowest BCUT2D eigenvalue weighted by Gasteiger charge is -2.29. The Bertz CT molecular complexity index is 608. The van der Waals surface area contributed by atoms with Gasteiger partial charge in [-0.25, -0.2) is 4.79 Å². The van der Waals surface area contributed by atoms with E-state index in [9.17, 15) is 9.59 Å². The van der Waals surface area contributed by atoms with E-state index in [2.05, 4.69) is 5.32 Å². The van der Waals surface area contributed by atoms with Gasteiger partial charge >= 0.3 is 6.03 Å². The fraction of sp³-hybridized carbons (Fsp3) is 0.467. The molecule has 2 atom stereocenters. The fourth-order valence-electron chi connectivity index (χ4n) is 3.11. The number of urea groups is 1. The number of para-hydroxylation sites is 1. The quantitative estimate of drug-likeness (QED) is 0.870. The first-order valence-corrected chi connectivity index (χ1v) is 7.73. The number of fused-ring (bicyclic) bond motifs is 1. The molecule has 0 aliphatic carbocycles. The first kappa shape index (κ1) is 15.0. The molecular formula is C15H18ClN3O3. The van der Waals surface area contributed by atoms with Gasteiger partial charge in [0.25, 0.3) is 0 Å². The lowest BCUT2D eigenvalue weighted by Crippen LogP contribution is -2.49. The lowest BCUT2D eigenvalue weighted by atomic mass is 10.00. The summed E-state index contributed by atoms with van der Waals surface area (Å²) in [5.74, 6) is 0.452. The number of carbonyl (C=O) groups is 2. The van der Waals surface area contributed by atoms with Crippen molar-refractivity contribution in [2.75, 3.05) is 13.2 Å². The Kier molecular flexibility index (Phi) is 4.11. The maximum atomic E-state index is 12.5. The summed E-state index contributed by atoms with van der Waals surface area (Å²) in [5, 5.41) is 3.54. The number of halogens is 1. The van der Waals surface area contributed by atoms with Crippen LogP contribution in [0.3, 0.4) is 0 Å². The number of carbonyl (C=O) groups excluding carboxylic acids is 2. The number of hydrogen-bond acceptors (Lipinski definition) is 3. The zero-order valence-electron chi connectivity index (χ0n) is 12.0. The minimum Gasteiger partial charge on any atom is -0.492 e. The summed E-state index contributed by atoms with van der Waals surface area (Å²) in [4.78, 5) is 25.3. The number of ether oxygens (including phenoxy) is 1. The second kappa shape index (κ2) is 6.04. The summed E-state index contributed by atoms with van der Waals surface area (Å²) in [7, 11) is 0. The predicted octanol–water partition coefficient (Wildman–Crippen LogP) is 1.82. The maximum absolute atomic E-state index is 12.5. The van der Waals surface area contributed by atoms with Gasteiger partial charge in [0.15, 0.2) is 0 Å². The second-order valence-corrected chi connectivity index (χ2v) is 5.95. The molecule has 0 saturated carbocycles. The van der Waals surface area contributed by atoms with Crippen LogP contribution < -0.4 is 15.8 Å². The van der Waals surface area contributed by atoms with Crippen molar-refractivity contribution >= 4 is 23.5 Å². The largest absolute Gasteiger partial charge is 0.492 e. The van der Waals surface area contributed by atoms with Crippen LogP contribution in [-0.4, -0.2) is 36.0 Å². The average molecular weight is 324 g/mol. The van der Waals surface area contributed by atoms with Crippen molar-refractivity contribution in [3.8, 4) is 5.75 Å². The number of hydrogen-bond donors (Lipinski definition) is 2. The zero-order chi connectivity index (χ0) is 15.7. The standard InChI is InChI=1S/C15H18ClN3O3/c16-10-4-1-3-9-11(6-8-22-13(9)10)18-14(20)12-5-2-7-19(12)15(17)21/h1,3-4,11-12H,2,5-8H2,(H2,17,21)(H,18,20)/t11?,12-/m0/s1. The van der Waals surface area contributed by atoms with Crippen molar-refractivity contribution < 1.29 is 14.3 Å². The van der Waals surface area contributed by atoms with Gasteiger partial charge in [0.1, 0.15) is 11.8 Å². The molecule has 1 unspecified atom stereocenters. The summed E-state index contributed by atoms with van der Waals surface area (Å²) in [6.07, 6.45) is 2.10. The molecule has 1 aromatic rings. The number of nitrogens with zero attached hydrogens (tertiary/aromatic N) is 1. The van der Waals surface area contributed by atoms with E-state index in [1.54, 1.807) is 6.07 Å². The maximum Gasteiger partial charge on any atom is 0.315 e. The van der Waals surface area contributed by atoms with E-state index < -0.39 is 12.1 Å². The van der Waals surface area contributed by atoms with Crippen molar-refractivity contribution in [3.63, 3.8) is 0 Å². The molecule has 0 radical (unpaired) electrons. The highest BCUT2D eigenvalue weighted by molar-refractivity contribution is 6.32. The van der Waals surface area contributed by atoms with E-state index in [1.807, 2.05) is 12.1 Å². The summed E-state index contributed by atoms with van der Waals surface area (Å²) >= 11 is 6.13. The van der Waals surface area contributed by atoms with Crippen LogP contribution >= 0.6 is 11.6 Å². The van der Waals surface area contributed by atoms with Crippen LogP contribution in [0.4, 0.5) is 4.79 Å². The van der Waals surface area contributed by atoms with E-state index in [-0.39, 0.29) is 11.9 Å². The summed E-state index contributed by atoms with van der Waals surface area (Å²) in [6.45, 7) is 1.02. The average Bonchev–Trinajstić information content (AvgIpc) is 2.98. The molecule has 2 aliphatic heterocycles. The highest BCUT2D eigenvalue weighted by atomic mass is 35.5. The van der Waals surface area contributed by atoms with Gasteiger partial charge in [-0.1, -0.05) is 23.7 Å². The Hall–Kier alpha value is -1.95. The zero-order valence-corrected chi connectivity index (χ0v) is 12.8. The number of likely N-dealkylation sites (tertiary alicyclic amines) is 1. The van der Waals surface area contributed by atoms with Crippen molar-refractivity contribution in [1.82, 2.24) is 10.2 Å². The molecule has 2 aliphatic rings. The van der Waals surface area contributed by atoms with Crippen LogP contribution in [0.25, 0.3) is 0 Å². The molecule has 7 heteroatoms. The summed E-state index contributed by atoms with van der Waals surface area (Å²) < 4.78 is 5.58. The van der Waals surface area contributed by atoms with Crippen LogP contribution in [-0.2, 0) is 4.79 Å². The molecule has 3 amide bonds. The van der Waals surface area contributed by atoms with Gasteiger partial charge in [-0.15, -0.1) is 0 Å². The smallest absolute Gasteiger partial charge is 0.315 e.